The molecule has 2 amide bonds. The van der Waals surface area contributed by atoms with Crippen molar-refractivity contribution in [3.05, 3.63) is 48.1 Å². The predicted molar refractivity (Wildman–Crippen MR) is 112 cm³/mol. The second-order valence-electron chi connectivity index (χ2n) is 7.02. The highest BCUT2D eigenvalue weighted by Gasteiger charge is 2.32. The SMILES string of the molecule is C=C(C)CN(CC)C(=O)C[C@H]1C(=O)NCCN1C/C=C/c1ccccc1OC. The number of rotatable bonds is 9. The number of benzene rings is 1. The van der Waals surface area contributed by atoms with E-state index in [1.54, 1.807) is 12.0 Å². The van der Waals surface area contributed by atoms with Gasteiger partial charge in [-0.2, -0.15) is 0 Å². The largest absolute Gasteiger partial charge is 0.496 e. The Morgan fingerprint density at radius 3 is 2.86 bits per heavy atom. The van der Waals surface area contributed by atoms with Gasteiger partial charge in [0.2, 0.25) is 11.8 Å². The minimum absolute atomic E-state index is 0.0220. The summed E-state index contributed by atoms with van der Waals surface area (Å²) in [5.74, 6) is 0.697. The number of nitrogens with zero attached hydrogens (tertiary/aromatic N) is 2. The number of para-hydroxylation sites is 1. The fraction of sp³-hybridized carbons (Fsp3) is 0.455. The summed E-state index contributed by atoms with van der Waals surface area (Å²) in [6.07, 6.45) is 4.18. The highest BCUT2D eigenvalue weighted by Crippen LogP contribution is 2.19. The Balaban J connectivity index is 2.05. The highest BCUT2D eigenvalue weighted by molar-refractivity contribution is 5.89. The molecule has 0 aromatic heterocycles. The maximum Gasteiger partial charge on any atom is 0.237 e. The first-order valence-electron chi connectivity index (χ1n) is 9.69. The van der Waals surface area contributed by atoms with Crippen molar-refractivity contribution in [1.29, 1.82) is 0 Å². The molecular weight excluding hydrogens is 354 g/mol. The van der Waals surface area contributed by atoms with E-state index in [9.17, 15) is 9.59 Å². The third-order valence-electron chi connectivity index (χ3n) is 4.78. The molecule has 0 aliphatic carbocycles. The maximum absolute atomic E-state index is 12.7. The zero-order valence-corrected chi connectivity index (χ0v) is 17.1. The van der Waals surface area contributed by atoms with Gasteiger partial charge in [-0.1, -0.05) is 42.5 Å². The summed E-state index contributed by atoms with van der Waals surface area (Å²) in [5, 5.41) is 2.88. The number of hydrogen-bond donors (Lipinski definition) is 1. The summed E-state index contributed by atoms with van der Waals surface area (Å²) >= 11 is 0. The number of likely N-dealkylation sites (N-methyl/N-ethyl adjacent to an activating group) is 1. The van der Waals surface area contributed by atoms with Gasteiger partial charge in [0, 0.05) is 38.3 Å². The van der Waals surface area contributed by atoms with Crippen molar-refractivity contribution in [3.8, 4) is 5.75 Å². The van der Waals surface area contributed by atoms with Crippen LogP contribution in [0, 0.1) is 0 Å². The van der Waals surface area contributed by atoms with E-state index in [-0.39, 0.29) is 18.2 Å². The van der Waals surface area contributed by atoms with Gasteiger partial charge >= 0.3 is 0 Å². The second-order valence-corrected chi connectivity index (χ2v) is 7.02. The Morgan fingerprint density at radius 1 is 1.43 bits per heavy atom. The number of hydrogen-bond acceptors (Lipinski definition) is 4. The lowest BCUT2D eigenvalue weighted by molar-refractivity contribution is -0.138. The lowest BCUT2D eigenvalue weighted by Gasteiger charge is -2.35. The molecule has 0 radical (unpaired) electrons. The van der Waals surface area contributed by atoms with E-state index in [1.165, 1.54) is 0 Å². The van der Waals surface area contributed by atoms with Crippen LogP contribution in [0.15, 0.2) is 42.5 Å². The molecule has 1 aromatic carbocycles. The highest BCUT2D eigenvalue weighted by atomic mass is 16.5. The third-order valence-corrected chi connectivity index (χ3v) is 4.78. The molecule has 6 nitrogen and oxygen atoms in total. The fourth-order valence-electron chi connectivity index (χ4n) is 3.32. The van der Waals surface area contributed by atoms with Crippen LogP contribution in [0.4, 0.5) is 0 Å². The number of nitrogens with one attached hydrogen (secondary N) is 1. The van der Waals surface area contributed by atoms with Crippen LogP contribution in [0.5, 0.6) is 5.75 Å². The quantitative estimate of drug-likeness (QED) is 0.663. The zero-order valence-electron chi connectivity index (χ0n) is 17.1. The minimum Gasteiger partial charge on any atom is -0.496 e. The van der Waals surface area contributed by atoms with Crippen LogP contribution in [-0.2, 0) is 9.59 Å². The Labute approximate surface area is 167 Å². The molecule has 1 aliphatic heterocycles. The van der Waals surface area contributed by atoms with Gasteiger partial charge in [-0.25, -0.2) is 0 Å². The molecule has 6 heteroatoms. The molecule has 1 heterocycles. The van der Waals surface area contributed by atoms with Crippen molar-refractivity contribution in [2.75, 3.05) is 39.8 Å². The van der Waals surface area contributed by atoms with Gasteiger partial charge in [-0.3, -0.25) is 14.5 Å². The molecule has 0 saturated carbocycles. The van der Waals surface area contributed by atoms with Crippen LogP contribution >= 0.6 is 0 Å². The van der Waals surface area contributed by atoms with E-state index < -0.39 is 6.04 Å². The van der Waals surface area contributed by atoms with Crippen LogP contribution in [0.2, 0.25) is 0 Å². The number of ether oxygens (including phenoxy) is 1. The summed E-state index contributed by atoms with van der Waals surface area (Å²) in [6, 6.07) is 7.32. The molecule has 2 rings (SSSR count). The normalized spacial score (nSPS) is 17.4. The molecule has 1 saturated heterocycles. The summed E-state index contributed by atoms with van der Waals surface area (Å²) in [7, 11) is 1.65. The lowest BCUT2D eigenvalue weighted by Crippen LogP contribution is -2.56. The molecule has 0 spiro atoms. The van der Waals surface area contributed by atoms with Crippen LogP contribution < -0.4 is 10.1 Å². The van der Waals surface area contributed by atoms with E-state index >= 15 is 0 Å². The topological polar surface area (TPSA) is 61.9 Å². The van der Waals surface area contributed by atoms with E-state index in [0.717, 1.165) is 16.9 Å². The lowest BCUT2D eigenvalue weighted by atomic mass is 10.1. The number of methoxy groups -OCH3 is 1. The summed E-state index contributed by atoms with van der Waals surface area (Å²) < 4.78 is 5.36. The summed E-state index contributed by atoms with van der Waals surface area (Å²) in [4.78, 5) is 28.9. The van der Waals surface area contributed by atoms with Gasteiger partial charge in [0.25, 0.3) is 0 Å². The first-order chi connectivity index (χ1) is 13.5. The molecule has 1 aromatic rings. The van der Waals surface area contributed by atoms with Gasteiger partial charge < -0.3 is 15.0 Å². The van der Waals surface area contributed by atoms with Crippen LogP contribution in [0.25, 0.3) is 6.08 Å². The van der Waals surface area contributed by atoms with Gasteiger partial charge in [0.1, 0.15) is 5.75 Å². The molecular formula is C22H31N3O3. The van der Waals surface area contributed by atoms with Crippen molar-refractivity contribution in [2.24, 2.45) is 0 Å². The van der Waals surface area contributed by atoms with Gasteiger partial charge in [0.05, 0.1) is 19.6 Å². The summed E-state index contributed by atoms with van der Waals surface area (Å²) in [5.41, 5.74) is 1.91. The first-order valence-corrected chi connectivity index (χ1v) is 9.69. The molecule has 28 heavy (non-hydrogen) atoms. The van der Waals surface area contributed by atoms with Crippen LogP contribution in [0.1, 0.15) is 25.8 Å². The average Bonchev–Trinajstić information content (AvgIpc) is 2.68. The van der Waals surface area contributed by atoms with E-state index in [4.69, 9.17) is 4.74 Å². The van der Waals surface area contributed by atoms with Crippen LogP contribution in [-0.4, -0.2) is 67.5 Å². The Morgan fingerprint density at radius 2 is 2.18 bits per heavy atom. The molecule has 1 atom stereocenters. The van der Waals surface area contributed by atoms with Gasteiger partial charge in [-0.15, -0.1) is 0 Å². The molecule has 1 fully saturated rings. The third kappa shape index (κ3) is 5.96. The molecule has 0 unspecified atom stereocenters. The Kier molecular flexibility index (Phi) is 8.26. The van der Waals surface area contributed by atoms with Gasteiger partial charge in [0.15, 0.2) is 0 Å². The monoisotopic (exact) mass is 385 g/mol. The zero-order chi connectivity index (χ0) is 20.5. The van der Waals surface area contributed by atoms with Gasteiger partial charge in [-0.05, 0) is 19.9 Å². The van der Waals surface area contributed by atoms with Crippen molar-refractivity contribution in [2.45, 2.75) is 26.3 Å². The number of carbonyl (C=O) groups is 2. The standard InChI is InChI=1S/C22H31N3O3/c1-5-24(16-17(2)3)21(26)15-19-22(27)23-12-14-25(19)13-8-10-18-9-6-7-11-20(18)28-4/h6-11,19H,2,5,12-16H2,1,3-4H3,(H,23,27)/b10-8+/t19-/m0/s1. The Hall–Kier alpha value is -2.60. The summed E-state index contributed by atoms with van der Waals surface area (Å²) in [6.45, 7) is 10.8. The molecule has 1 N–H and O–H groups in total. The number of piperazine rings is 1. The fourth-order valence-corrected chi connectivity index (χ4v) is 3.32. The Bertz CT molecular complexity index is 729. The molecule has 152 valence electrons. The average molecular weight is 386 g/mol. The van der Waals surface area contributed by atoms with Crippen molar-refractivity contribution in [1.82, 2.24) is 15.1 Å². The van der Waals surface area contributed by atoms with Crippen molar-refractivity contribution >= 4 is 17.9 Å². The molecule has 1 aliphatic rings. The smallest absolute Gasteiger partial charge is 0.237 e. The first kappa shape index (κ1) is 21.7. The number of carbonyl (C=O) groups excluding carboxylic acids is 2. The minimum atomic E-state index is -0.456. The molecule has 0 bridgehead atoms. The van der Waals surface area contributed by atoms with E-state index in [2.05, 4.69) is 16.8 Å². The predicted octanol–water partition coefficient (Wildman–Crippen LogP) is 2.32. The maximum atomic E-state index is 12.7. The van der Waals surface area contributed by atoms with Crippen LogP contribution in [0.3, 0.4) is 0 Å². The second kappa shape index (κ2) is 10.7. The number of amides is 2. The van der Waals surface area contributed by atoms with Crippen molar-refractivity contribution < 1.29 is 14.3 Å². The van der Waals surface area contributed by atoms with Crippen molar-refractivity contribution in [3.63, 3.8) is 0 Å². The van der Waals surface area contributed by atoms with E-state index in [0.29, 0.717) is 32.7 Å². The van der Waals surface area contributed by atoms with E-state index in [1.807, 2.05) is 50.3 Å².